The standard InChI is InChI=1S/C40H44F5N3O2/c1-5-46(6-2)23-24-47(26-30-12-15-31(16-13-30)32-17-20-34(21-18-32)40(43,44)45)39(50)27-48(38-10-8-7-9-36(38)29(4)49)28(3)11-14-33-19-22-35(41)25-37(33)42/h7-10,12-13,15-22,25,28H,5-6,11,14,23-24,26-27H2,1-4H3. The first kappa shape index (κ1) is 38.2. The van der Waals surface area contributed by atoms with E-state index in [-0.39, 0.29) is 24.3 Å². The lowest BCUT2D eigenvalue weighted by atomic mass is 10.0. The van der Waals surface area contributed by atoms with Crippen molar-refractivity contribution in [3.63, 3.8) is 0 Å². The van der Waals surface area contributed by atoms with Crippen LogP contribution in [0.4, 0.5) is 27.6 Å². The Morgan fingerprint density at radius 2 is 1.42 bits per heavy atom. The second-order valence-electron chi connectivity index (χ2n) is 12.4. The Balaban J connectivity index is 1.59. The third-order valence-electron chi connectivity index (χ3n) is 9.08. The van der Waals surface area contributed by atoms with Gasteiger partial charge in [-0.1, -0.05) is 68.4 Å². The van der Waals surface area contributed by atoms with Gasteiger partial charge in [0.15, 0.2) is 5.78 Å². The van der Waals surface area contributed by atoms with Crippen LogP contribution < -0.4 is 4.90 Å². The van der Waals surface area contributed by atoms with Crippen molar-refractivity contribution in [2.75, 3.05) is 37.6 Å². The van der Waals surface area contributed by atoms with E-state index in [2.05, 4.69) is 18.7 Å². The van der Waals surface area contributed by atoms with Crippen LogP contribution in [0.25, 0.3) is 11.1 Å². The molecule has 0 saturated carbocycles. The predicted octanol–water partition coefficient (Wildman–Crippen LogP) is 9.05. The van der Waals surface area contributed by atoms with Crippen molar-refractivity contribution < 1.29 is 31.5 Å². The van der Waals surface area contributed by atoms with Gasteiger partial charge in [0, 0.05) is 43.0 Å². The van der Waals surface area contributed by atoms with Gasteiger partial charge in [0.25, 0.3) is 0 Å². The molecule has 0 saturated heterocycles. The number of alkyl halides is 3. The highest BCUT2D eigenvalue weighted by Gasteiger charge is 2.30. The monoisotopic (exact) mass is 693 g/mol. The van der Waals surface area contributed by atoms with Crippen molar-refractivity contribution in [1.29, 1.82) is 0 Å². The number of rotatable bonds is 16. The van der Waals surface area contributed by atoms with Crippen LogP contribution in [-0.4, -0.2) is 60.3 Å². The number of aryl methyl sites for hydroxylation is 1. The van der Waals surface area contributed by atoms with Crippen LogP contribution in [-0.2, 0) is 23.9 Å². The van der Waals surface area contributed by atoms with Crippen molar-refractivity contribution in [2.45, 2.75) is 59.3 Å². The maximum atomic E-state index is 14.5. The van der Waals surface area contributed by atoms with Gasteiger partial charge in [-0.05, 0) is 92.4 Å². The maximum Gasteiger partial charge on any atom is 0.416 e. The molecule has 0 aliphatic rings. The Bertz CT molecular complexity index is 1720. The van der Waals surface area contributed by atoms with E-state index in [0.29, 0.717) is 54.9 Å². The zero-order chi connectivity index (χ0) is 36.4. The number of likely N-dealkylation sites (N-methyl/N-ethyl adjacent to an activating group) is 1. The highest BCUT2D eigenvalue weighted by Crippen LogP contribution is 2.31. The number of nitrogens with zero attached hydrogens (tertiary/aromatic N) is 3. The Hall–Kier alpha value is -4.57. The molecule has 1 unspecified atom stereocenters. The van der Waals surface area contributed by atoms with Crippen molar-refractivity contribution in [3.8, 4) is 11.1 Å². The molecule has 0 bridgehead atoms. The van der Waals surface area contributed by atoms with Gasteiger partial charge in [-0.15, -0.1) is 0 Å². The fourth-order valence-corrected chi connectivity index (χ4v) is 5.96. The Labute approximate surface area is 291 Å². The van der Waals surface area contributed by atoms with E-state index in [1.54, 1.807) is 23.1 Å². The summed E-state index contributed by atoms with van der Waals surface area (Å²) in [5, 5.41) is 0. The van der Waals surface area contributed by atoms with E-state index in [0.717, 1.165) is 42.4 Å². The molecule has 10 heteroatoms. The first-order chi connectivity index (χ1) is 23.8. The number of Topliss-reactive ketones (excluding diaryl/α,β-unsaturated/α-hetero) is 1. The molecule has 4 aromatic carbocycles. The SMILES string of the molecule is CCN(CC)CCN(Cc1ccc(-c2ccc(C(F)(F)F)cc2)cc1)C(=O)CN(c1ccccc1C(C)=O)C(C)CCc1ccc(F)cc1F. The minimum absolute atomic E-state index is 0.0424. The van der Waals surface area contributed by atoms with Crippen molar-refractivity contribution in [3.05, 3.63) is 125 Å². The van der Waals surface area contributed by atoms with Crippen LogP contribution >= 0.6 is 0 Å². The Morgan fingerprint density at radius 1 is 0.800 bits per heavy atom. The quantitative estimate of drug-likeness (QED) is 0.0868. The lowest BCUT2D eigenvalue weighted by Crippen LogP contribution is -2.46. The molecule has 50 heavy (non-hydrogen) atoms. The summed E-state index contributed by atoms with van der Waals surface area (Å²) in [6.45, 7) is 10.5. The van der Waals surface area contributed by atoms with Crippen LogP contribution in [0.2, 0.25) is 0 Å². The van der Waals surface area contributed by atoms with Crippen LogP contribution in [0.1, 0.15) is 61.2 Å². The smallest absolute Gasteiger partial charge is 0.359 e. The number of hydrogen-bond donors (Lipinski definition) is 0. The second kappa shape index (κ2) is 17.4. The molecule has 5 nitrogen and oxygen atoms in total. The van der Waals surface area contributed by atoms with E-state index in [9.17, 15) is 31.5 Å². The summed E-state index contributed by atoms with van der Waals surface area (Å²) in [7, 11) is 0. The summed E-state index contributed by atoms with van der Waals surface area (Å²) in [6, 6.07) is 22.7. The average molecular weight is 694 g/mol. The third kappa shape index (κ3) is 10.2. The fraction of sp³-hybridized carbons (Fsp3) is 0.350. The number of benzene rings is 4. The van der Waals surface area contributed by atoms with Crippen LogP contribution in [0.15, 0.2) is 91.0 Å². The van der Waals surface area contributed by atoms with Gasteiger partial charge in [-0.3, -0.25) is 9.59 Å². The summed E-state index contributed by atoms with van der Waals surface area (Å²) in [5.41, 5.74) is 2.97. The highest BCUT2D eigenvalue weighted by atomic mass is 19.4. The van der Waals surface area contributed by atoms with E-state index in [1.165, 1.54) is 31.2 Å². The number of anilines is 1. The molecule has 0 aliphatic carbocycles. The Morgan fingerprint density at radius 3 is 2.00 bits per heavy atom. The third-order valence-corrected chi connectivity index (χ3v) is 9.08. The van der Waals surface area contributed by atoms with Crippen molar-refractivity contribution in [1.82, 2.24) is 9.80 Å². The van der Waals surface area contributed by atoms with Crippen molar-refractivity contribution in [2.24, 2.45) is 0 Å². The lowest BCUT2D eigenvalue weighted by Gasteiger charge is -2.35. The van der Waals surface area contributed by atoms with Crippen LogP contribution in [0.3, 0.4) is 0 Å². The molecule has 1 amide bonds. The average Bonchev–Trinajstić information content (AvgIpc) is 3.09. The molecule has 266 valence electrons. The van der Waals surface area contributed by atoms with Gasteiger partial charge in [0.2, 0.25) is 5.91 Å². The van der Waals surface area contributed by atoms with Crippen LogP contribution in [0, 0.1) is 11.6 Å². The summed E-state index contributed by atoms with van der Waals surface area (Å²) in [6.07, 6.45) is -3.67. The Kier molecular flexibility index (Phi) is 13.3. The second-order valence-corrected chi connectivity index (χ2v) is 12.4. The van der Waals surface area contributed by atoms with Gasteiger partial charge in [0.1, 0.15) is 11.6 Å². The number of amides is 1. The largest absolute Gasteiger partial charge is 0.416 e. The van der Waals surface area contributed by atoms with E-state index in [4.69, 9.17) is 0 Å². The molecule has 0 spiro atoms. The molecule has 1 atom stereocenters. The number of para-hydroxylation sites is 1. The maximum absolute atomic E-state index is 14.5. The summed E-state index contributed by atoms with van der Waals surface area (Å²) in [4.78, 5) is 32.8. The lowest BCUT2D eigenvalue weighted by molar-refractivity contribution is -0.137. The molecule has 4 aromatic rings. The number of halogens is 5. The topological polar surface area (TPSA) is 43.9 Å². The van der Waals surface area contributed by atoms with Gasteiger partial charge >= 0.3 is 6.18 Å². The minimum Gasteiger partial charge on any atom is -0.359 e. The zero-order valence-corrected chi connectivity index (χ0v) is 28.9. The summed E-state index contributed by atoms with van der Waals surface area (Å²) in [5.74, 6) is -1.60. The summed E-state index contributed by atoms with van der Waals surface area (Å²) >= 11 is 0. The minimum atomic E-state index is -4.41. The van der Waals surface area contributed by atoms with E-state index >= 15 is 0 Å². The molecular weight excluding hydrogens is 649 g/mol. The zero-order valence-electron chi connectivity index (χ0n) is 28.9. The normalized spacial score (nSPS) is 12.2. The summed E-state index contributed by atoms with van der Waals surface area (Å²) < 4.78 is 67.2. The van der Waals surface area contributed by atoms with Gasteiger partial charge in [-0.2, -0.15) is 13.2 Å². The first-order valence-corrected chi connectivity index (χ1v) is 16.9. The molecule has 0 N–H and O–H groups in total. The molecular formula is C40H44F5N3O2. The van der Waals surface area contributed by atoms with Crippen LogP contribution in [0.5, 0.6) is 0 Å². The molecule has 0 fully saturated rings. The van der Waals surface area contributed by atoms with Gasteiger partial charge < -0.3 is 14.7 Å². The van der Waals surface area contributed by atoms with Gasteiger partial charge in [0.05, 0.1) is 12.1 Å². The molecule has 0 radical (unpaired) electrons. The highest BCUT2D eigenvalue weighted by molar-refractivity contribution is 6.00. The van der Waals surface area contributed by atoms with Gasteiger partial charge in [-0.25, -0.2) is 8.78 Å². The molecule has 0 heterocycles. The molecule has 0 aromatic heterocycles. The van der Waals surface area contributed by atoms with E-state index in [1.807, 2.05) is 42.2 Å². The van der Waals surface area contributed by atoms with Crippen molar-refractivity contribution >= 4 is 17.4 Å². The number of carbonyl (C=O) groups excluding carboxylic acids is 2. The molecule has 0 aliphatic heterocycles. The first-order valence-electron chi connectivity index (χ1n) is 16.9. The fourth-order valence-electron chi connectivity index (χ4n) is 5.96. The predicted molar refractivity (Wildman–Crippen MR) is 188 cm³/mol. The number of carbonyl (C=O) groups is 2. The van der Waals surface area contributed by atoms with E-state index < -0.39 is 23.4 Å². The molecule has 4 rings (SSSR count). The number of hydrogen-bond acceptors (Lipinski definition) is 4. The number of ketones is 1.